The van der Waals surface area contributed by atoms with Crippen LogP contribution in [-0.2, 0) is 0 Å². The zero-order valence-corrected chi connectivity index (χ0v) is 13.7. The lowest BCUT2D eigenvalue weighted by molar-refractivity contribution is 0.242. The molecule has 0 saturated carbocycles. The Morgan fingerprint density at radius 3 is 2.48 bits per heavy atom. The monoisotopic (exact) mass is 303 g/mol. The SMILES string of the molecule is CNC(c1cccc(OC(C)C)c1)c1ccc(C)cc1Cl. The molecule has 2 nitrogen and oxygen atoms in total. The van der Waals surface area contributed by atoms with Crippen LogP contribution in [0.5, 0.6) is 5.75 Å². The summed E-state index contributed by atoms with van der Waals surface area (Å²) >= 11 is 6.41. The van der Waals surface area contributed by atoms with Crippen LogP contribution < -0.4 is 10.1 Å². The summed E-state index contributed by atoms with van der Waals surface area (Å²) in [4.78, 5) is 0. The van der Waals surface area contributed by atoms with Gasteiger partial charge in [-0.05, 0) is 62.7 Å². The lowest BCUT2D eigenvalue weighted by atomic mass is 9.97. The van der Waals surface area contributed by atoms with E-state index < -0.39 is 0 Å². The van der Waals surface area contributed by atoms with Gasteiger partial charge in [-0.2, -0.15) is 0 Å². The van der Waals surface area contributed by atoms with E-state index in [0.29, 0.717) is 0 Å². The molecule has 112 valence electrons. The van der Waals surface area contributed by atoms with Gasteiger partial charge in [0.25, 0.3) is 0 Å². The molecule has 0 radical (unpaired) electrons. The minimum atomic E-state index is 0.0498. The van der Waals surface area contributed by atoms with Gasteiger partial charge in [0.2, 0.25) is 0 Å². The first-order valence-corrected chi connectivity index (χ1v) is 7.59. The topological polar surface area (TPSA) is 21.3 Å². The number of nitrogens with one attached hydrogen (secondary N) is 1. The molecule has 2 rings (SSSR count). The number of ether oxygens (including phenoxy) is 1. The number of aryl methyl sites for hydroxylation is 1. The van der Waals surface area contributed by atoms with Gasteiger partial charge in [-0.3, -0.25) is 0 Å². The molecule has 0 bridgehead atoms. The van der Waals surface area contributed by atoms with Gasteiger partial charge in [-0.25, -0.2) is 0 Å². The molecule has 3 heteroatoms. The number of benzene rings is 2. The molecule has 1 N–H and O–H groups in total. The van der Waals surface area contributed by atoms with Crippen LogP contribution >= 0.6 is 11.6 Å². The van der Waals surface area contributed by atoms with Crippen molar-refractivity contribution >= 4 is 11.6 Å². The van der Waals surface area contributed by atoms with Gasteiger partial charge in [0.15, 0.2) is 0 Å². The lowest BCUT2D eigenvalue weighted by Gasteiger charge is -2.20. The highest BCUT2D eigenvalue weighted by Crippen LogP contribution is 2.30. The summed E-state index contributed by atoms with van der Waals surface area (Å²) in [6.45, 7) is 6.10. The first-order valence-electron chi connectivity index (χ1n) is 7.21. The summed E-state index contributed by atoms with van der Waals surface area (Å²) in [7, 11) is 1.94. The Labute approximate surface area is 132 Å². The highest BCUT2D eigenvalue weighted by molar-refractivity contribution is 6.31. The van der Waals surface area contributed by atoms with Gasteiger partial charge < -0.3 is 10.1 Å². The van der Waals surface area contributed by atoms with E-state index in [1.54, 1.807) is 0 Å². The summed E-state index contributed by atoms with van der Waals surface area (Å²) in [6, 6.07) is 14.4. The number of hydrogen-bond donors (Lipinski definition) is 1. The molecule has 0 fully saturated rings. The van der Waals surface area contributed by atoms with E-state index in [9.17, 15) is 0 Å². The van der Waals surface area contributed by atoms with Crippen LogP contribution in [0.4, 0.5) is 0 Å². The Morgan fingerprint density at radius 1 is 1.10 bits per heavy atom. The van der Waals surface area contributed by atoms with Crippen molar-refractivity contribution in [3.63, 3.8) is 0 Å². The minimum Gasteiger partial charge on any atom is -0.491 e. The van der Waals surface area contributed by atoms with E-state index in [-0.39, 0.29) is 12.1 Å². The first-order chi connectivity index (χ1) is 10.0. The third-order valence-electron chi connectivity index (χ3n) is 3.32. The van der Waals surface area contributed by atoms with Crippen LogP contribution in [0.2, 0.25) is 5.02 Å². The maximum absolute atomic E-state index is 6.41. The molecule has 2 aromatic carbocycles. The van der Waals surface area contributed by atoms with Gasteiger partial charge in [-0.1, -0.05) is 35.9 Å². The van der Waals surface area contributed by atoms with Crippen molar-refractivity contribution in [1.29, 1.82) is 0 Å². The number of rotatable bonds is 5. The van der Waals surface area contributed by atoms with Gasteiger partial charge in [-0.15, -0.1) is 0 Å². The molecular formula is C18H22ClNO. The predicted octanol–water partition coefficient (Wildman–Crippen LogP) is 4.74. The van der Waals surface area contributed by atoms with Crippen molar-refractivity contribution < 1.29 is 4.74 Å². The van der Waals surface area contributed by atoms with Gasteiger partial charge in [0, 0.05) is 5.02 Å². The zero-order valence-electron chi connectivity index (χ0n) is 13.0. The largest absolute Gasteiger partial charge is 0.491 e. The molecule has 0 saturated heterocycles. The third kappa shape index (κ3) is 3.99. The molecule has 0 spiro atoms. The Hall–Kier alpha value is -1.51. The standard InChI is InChI=1S/C18H22ClNO/c1-12(2)21-15-7-5-6-14(11-15)18(20-4)16-9-8-13(3)10-17(16)19/h5-12,18,20H,1-4H3. The molecule has 0 aliphatic rings. The Bertz CT molecular complexity index is 610. The van der Waals surface area contributed by atoms with Crippen molar-refractivity contribution in [3.8, 4) is 5.75 Å². The smallest absolute Gasteiger partial charge is 0.120 e. The van der Waals surface area contributed by atoms with Crippen molar-refractivity contribution in [3.05, 3.63) is 64.2 Å². The predicted molar refractivity (Wildman–Crippen MR) is 89.3 cm³/mol. The van der Waals surface area contributed by atoms with E-state index in [4.69, 9.17) is 16.3 Å². The highest BCUT2D eigenvalue weighted by atomic mass is 35.5. The molecule has 1 atom stereocenters. The van der Waals surface area contributed by atoms with Crippen LogP contribution in [-0.4, -0.2) is 13.2 Å². The van der Waals surface area contributed by atoms with Gasteiger partial charge in [0.1, 0.15) is 5.75 Å². The second kappa shape index (κ2) is 6.97. The molecule has 0 aliphatic carbocycles. The van der Waals surface area contributed by atoms with Crippen molar-refractivity contribution in [2.24, 2.45) is 0 Å². The van der Waals surface area contributed by atoms with Crippen molar-refractivity contribution in [2.45, 2.75) is 32.9 Å². The van der Waals surface area contributed by atoms with E-state index in [1.165, 1.54) is 0 Å². The fraction of sp³-hybridized carbons (Fsp3) is 0.333. The molecule has 2 aromatic rings. The summed E-state index contributed by atoms with van der Waals surface area (Å²) < 4.78 is 5.77. The Balaban J connectivity index is 2.37. The molecule has 21 heavy (non-hydrogen) atoms. The molecule has 0 aromatic heterocycles. The highest BCUT2D eigenvalue weighted by Gasteiger charge is 2.16. The Kier molecular flexibility index (Phi) is 5.27. The van der Waals surface area contributed by atoms with Crippen LogP contribution in [0, 0.1) is 6.92 Å². The summed E-state index contributed by atoms with van der Waals surface area (Å²) in [5, 5.41) is 4.12. The molecule has 1 unspecified atom stereocenters. The average Bonchev–Trinajstić information content (AvgIpc) is 2.41. The molecule has 0 amide bonds. The van der Waals surface area contributed by atoms with Crippen LogP contribution in [0.15, 0.2) is 42.5 Å². The maximum Gasteiger partial charge on any atom is 0.120 e. The van der Waals surface area contributed by atoms with E-state index in [0.717, 1.165) is 27.5 Å². The summed E-state index contributed by atoms with van der Waals surface area (Å²) in [5.74, 6) is 0.881. The molecule has 0 aliphatic heterocycles. The van der Waals surface area contributed by atoms with Crippen LogP contribution in [0.25, 0.3) is 0 Å². The molecular weight excluding hydrogens is 282 g/mol. The van der Waals surface area contributed by atoms with Crippen LogP contribution in [0.3, 0.4) is 0 Å². The quantitative estimate of drug-likeness (QED) is 0.861. The average molecular weight is 304 g/mol. The zero-order chi connectivity index (χ0) is 15.4. The fourth-order valence-corrected chi connectivity index (χ4v) is 2.75. The first kappa shape index (κ1) is 15.9. The fourth-order valence-electron chi connectivity index (χ4n) is 2.41. The molecule has 0 heterocycles. The van der Waals surface area contributed by atoms with Crippen LogP contribution in [0.1, 0.15) is 36.6 Å². The number of hydrogen-bond acceptors (Lipinski definition) is 2. The second-order valence-electron chi connectivity index (χ2n) is 5.49. The minimum absolute atomic E-state index is 0.0498. The van der Waals surface area contributed by atoms with Crippen molar-refractivity contribution in [1.82, 2.24) is 5.32 Å². The Morgan fingerprint density at radius 2 is 1.86 bits per heavy atom. The van der Waals surface area contributed by atoms with E-state index in [1.807, 2.05) is 46.0 Å². The summed E-state index contributed by atoms with van der Waals surface area (Å²) in [6.07, 6.45) is 0.163. The normalized spacial score (nSPS) is 12.5. The van der Waals surface area contributed by atoms with Gasteiger partial charge in [0.05, 0.1) is 12.1 Å². The number of halogens is 1. The third-order valence-corrected chi connectivity index (χ3v) is 3.65. The lowest BCUT2D eigenvalue weighted by Crippen LogP contribution is -2.18. The van der Waals surface area contributed by atoms with E-state index in [2.05, 4.69) is 29.6 Å². The van der Waals surface area contributed by atoms with Crippen molar-refractivity contribution in [2.75, 3.05) is 7.05 Å². The van der Waals surface area contributed by atoms with Gasteiger partial charge >= 0.3 is 0 Å². The second-order valence-corrected chi connectivity index (χ2v) is 5.89. The maximum atomic E-state index is 6.41. The summed E-state index contributed by atoms with van der Waals surface area (Å²) in [5.41, 5.74) is 3.38. The van der Waals surface area contributed by atoms with E-state index >= 15 is 0 Å².